The minimum atomic E-state index is 0.336. The van der Waals surface area contributed by atoms with Gasteiger partial charge in [0.15, 0.2) is 12.1 Å². The number of carbonyl (C=O) groups is 1. The van der Waals surface area contributed by atoms with Crippen LogP contribution in [0.25, 0.3) is 0 Å². The number of carbonyl (C=O) groups excluding carboxylic acids is 1. The standard InChI is InChI=1S/C8H10N2O2/c1-6-3-7(4-11)10-8(9-6)5-12-2/h3-4H,5H2,1-2H3. The van der Waals surface area contributed by atoms with Gasteiger partial charge in [-0.1, -0.05) is 0 Å². The molecule has 0 atom stereocenters. The predicted molar refractivity (Wildman–Crippen MR) is 42.9 cm³/mol. The van der Waals surface area contributed by atoms with Crippen molar-refractivity contribution < 1.29 is 9.53 Å². The number of nitrogens with zero attached hydrogens (tertiary/aromatic N) is 2. The molecular weight excluding hydrogens is 156 g/mol. The summed E-state index contributed by atoms with van der Waals surface area (Å²) in [5.74, 6) is 0.541. The van der Waals surface area contributed by atoms with Gasteiger partial charge in [0.25, 0.3) is 0 Å². The summed E-state index contributed by atoms with van der Waals surface area (Å²) in [7, 11) is 1.56. The Morgan fingerprint density at radius 3 is 2.92 bits per heavy atom. The monoisotopic (exact) mass is 166 g/mol. The Bertz CT molecular complexity index is 286. The molecule has 0 unspecified atom stereocenters. The van der Waals surface area contributed by atoms with Crippen LogP contribution in [0.2, 0.25) is 0 Å². The van der Waals surface area contributed by atoms with Crippen LogP contribution in [0.1, 0.15) is 22.0 Å². The van der Waals surface area contributed by atoms with Crippen molar-refractivity contribution in [2.45, 2.75) is 13.5 Å². The average Bonchev–Trinajstić information content (AvgIpc) is 2.04. The first-order valence-corrected chi connectivity index (χ1v) is 3.55. The number of hydrogen-bond donors (Lipinski definition) is 0. The summed E-state index contributed by atoms with van der Waals surface area (Å²) in [4.78, 5) is 18.4. The summed E-state index contributed by atoms with van der Waals surface area (Å²) in [5.41, 5.74) is 1.17. The van der Waals surface area contributed by atoms with Crippen molar-refractivity contribution in [3.05, 3.63) is 23.3 Å². The summed E-state index contributed by atoms with van der Waals surface area (Å²) < 4.78 is 4.84. The van der Waals surface area contributed by atoms with Crippen molar-refractivity contribution in [3.8, 4) is 0 Å². The first-order valence-electron chi connectivity index (χ1n) is 3.55. The van der Waals surface area contributed by atoms with E-state index in [2.05, 4.69) is 9.97 Å². The van der Waals surface area contributed by atoms with Crippen LogP contribution in [0.3, 0.4) is 0 Å². The molecule has 0 saturated heterocycles. The summed E-state index contributed by atoms with van der Waals surface area (Å²) in [6, 6.07) is 1.63. The lowest BCUT2D eigenvalue weighted by Gasteiger charge is -1.99. The third-order valence-corrected chi connectivity index (χ3v) is 1.31. The van der Waals surface area contributed by atoms with Crippen LogP contribution in [0, 0.1) is 6.92 Å². The van der Waals surface area contributed by atoms with Gasteiger partial charge in [0.05, 0.1) is 0 Å². The Morgan fingerprint density at radius 1 is 1.58 bits per heavy atom. The molecule has 12 heavy (non-hydrogen) atoms. The highest BCUT2D eigenvalue weighted by Gasteiger charge is 1.99. The number of aldehydes is 1. The number of aryl methyl sites for hydroxylation is 1. The van der Waals surface area contributed by atoms with Crippen LogP contribution in [-0.4, -0.2) is 23.4 Å². The molecule has 1 aromatic heterocycles. The molecule has 1 aromatic rings. The first kappa shape index (κ1) is 8.80. The lowest BCUT2D eigenvalue weighted by atomic mass is 10.3. The fourth-order valence-electron chi connectivity index (χ4n) is 0.910. The molecule has 0 saturated carbocycles. The molecule has 0 aromatic carbocycles. The summed E-state index contributed by atoms with van der Waals surface area (Å²) in [6.07, 6.45) is 0.702. The van der Waals surface area contributed by atoms with Gasteiger partial charge in [0.2, 0.25) is 0 Å². The van der Waals surface area contributed by atoms with Crippen LogP contribution in [0.4, 0.5) is 0 Å². The van der Waals surface area contributed by atoms with Gasteiger partial charge >= 0.3 is 0 Å². The zero-order valence-corrected chi connectivity index (χ0v) is 7.07. The van der Waals surface area contributed by atoms with Gasteiger partial charge < -0.3 is 4.74 Å². The number of rotatable bonds is 3. The highest BCUT2D eigenvalue weighted by molar-refractivity contribution is 5.71. The van der Waals surface area contributed by atoms with Crippen molar-refractivity contribution >= 4 is 6.29 Å². The maximum absolute atomic E-state index is 10.4. The molecular formula is C8H10N2O2. The SMILES string of the molecule is COCc1nc(C)cc(C=O)n1. The van der Waals surface area contributed by atoms with E-state index in [1.165, 1.54) is 0 Å². The largest absolute Gasteiger partial charge is 0.377 e. The molecule has 0 radical (unpaired) electrons. The van der Waals surface area contributed by atoms with Crippen molar-refractivity contribution in [3.63, 3.8) is 0 Å². The van der Waals surface area contributed by atoms with Crippen LogP contribution in [-0.2, 0) is 11.3 Å². The molecule has 0 aliphatic carbocycles. The van der Waals surface area contributed by atoms with Crippen molar-refractivity contribution in [1.29, 1.82) is 0 Å². The molecule has 1 heterocycles. The minimum Gasteiger partial charge on any atom is -0.377 e. The molecule has 64 valence electrons. The lowest BCUT2D eigenvalue weighted by molar-refractivity contribution is 0.111. The summed E-state index contributed by atoms with van der Waals surface area (Å²) >= 11 is 0. The molecule has 0 aliphatic heterocycles. The van der Waals surface area contributed by atoms with E-state index in [1.54, 1.807) is 13.2 Å². The van der Waals surface area contributed by atoms with Gasteiger partial charge in [0, 0.05) is 12.8 Å². The number of aromatic nitrogens is 2. The highest BCUT2D eigenvalue weighted by atomic mass is 16.5. The number of ether oxygens (including phenoxy) is 1. The van der Waals surface area contributed by atoms with Crippen LogP contribution in [0.5, 0.6) is 0 Å². The van der Waals surface area contributed by atoms with Crippen molar-refractivity contribution in [2.75, 3.05) is 7.11 Å². The third-order valence-electron chi connectivity index (χ3n) is 1.31. The van der Waals surface area contributed by atoms with Crippen LogP contribution in [0.15, 0.2) is 6.07 Å². The van der Waals surface area contributed by atoms with E-state index in [4.69, 9.17) is 4.74 Å². The highest BCUT2D eigenvalue weighted by Crippen LogP contribution is 1.99. The van der Waals surface area contributed by atoms with Gasteiger partial charge in [-0.05, 0) is 13.0 Å². The third kappa shape index (κ3) is 2.10. The van der Waals surface area contributed by atoms with Crippen LogP contribution >= 0.6 is 0 Å². The topological polar surface area (TPSA) is 52.1 Å². The van der Waals surface area contributed by atoms with Gasteiger partial charge in [-0.2, -0.15) is 0 Å². The van der Waals surface area contributed by atoms with E-state index >= 15 is 0 Å². The zero-order chi connectivity index (χ0) is 8.97. The van der Waals surface area contributed by atoms with E-state index in [9.17, 15) is 4.79 Å². The molecule has 0 N–H and O–H groups in total. The quantitative estimate of drug-likeness (QED) is 0.621. The molecule has 0 aliphatic rings. The van der Waals surface area contributed by atoms with E-state index in [0.717, 1.165) is 5.69 Å². The molecule has 4 nitrogen and oxygen atoms in total. The van der Waals surface area contributed by atoms with E-state index in [0.29, 0.717) is 24.4 Å². The molecule has 0 fully saturated rings. The van der Waals surface area contributed by atoms with Gasteiger partial charge in [0.1, 0.15) is 12.3 Å². The Morgan fingerprint density at radius 2 is 2.33 bits per heavy atom. The Labute approximate surface area is 70.6 Å². The molecule has 0 spiro atoms. The second kappa shape index (κ2) is 3.92. The lowest BCUT2D eigenvalue weighted by Crippen LogP contribution is -2.01. The predicted octanol–water partition coefficient (Wildman–Crippen LogP) is 0.744. The van der Waals surface area contributed by atoms with E-state index < -0.39 is 0 Å². The summed E-state index contributed by atoms with van der Waals surface area (Å²) in [5, 5.41) is 0. The normalized spacial score (nSPS) is 9.83. The van der Waals surface area contributed by atoms with Gasteiger partial charge in [-0.25, -0.2) is 9.97 Å². The number of hydrogen-bond acceptors (Lipinski definition) is 4. The maximum atomic E-state index is 10.4. The smallest absolute Gasteiger partial charge is 0.168 e. The zero-order valence-electron chi connectivity index (χ0n) is 7.07. The van der Waals surface area contributed by atoms with Crippen molar-refractivity contribution in [2.24, 2.45) is 0 Å². The van der Waals surface area contributed by atoms with Crippen molar-refractivity contribution in [1.82, 2.24) is 9.97 Å². The maximum Gasteiger partial charge on any atom is 0.168 e. The Hall–Kier alpha value is -1.29. The van der Waals surface area contributed by atoms with E-state index in [-0.39, 0.29) is 0 Å². The fraction of sp³-hybridized carbons (Fsp3) is 0.375. The molecule has 1 rings (SSSR count). The second-order valence-electron chi connectivity index (χ2n) is 2.40. The molecule has 4 heteroatoms. The van der Waals surface area contributed by atoms with Gasteiger partial charge in [-0.15, -0.1) is 0 Å². The first-order chi connectivity index (χ1) is 5.76. The average molecular weight is 166 g/mol. The minimum absolute atomic E-state index is 0.336. The second-order valence-corrected chi connectivity index (χ2v) is 2.40. The Balaban J connectivity index is 2.97. The van der Waals surface area contributed by atoms with Crippen LogP contribution < -0.4 is 0 Å². The fourth-order valence-corrected chi connectivity index (χ4v) is 0.910. The number of methoxy groups -OCH3 is 1. The summed E-state index contributed by atoms with van der Waals surface area (Å²) in [6.45, 7) is 2.15. The molecule has 0 bridgehead atoms. The Kier molecular flexibility index (Phi) is 2.88. The van der Waals surface area contributed by atoms with E-state index in [1.807, 2.05) is 6.92 Å². The van der Waals surface area contributed by atoms with Gasteiger partial charge in [-0.3, -0.25) is 4.79 Å². The molecule has 0 amide bonds.